The summed E-state index contributed by atoms with van der Waals surface area (Å²) in [6.45, 7) is 1.16. The Balaban J connectivity index is 1.61. The highest BCUT2D eigenvalue weighted by Gasteiger charge is 2.39. The number of nitrogens with one attached hydrogen (secondary N) is 1. The molecule has 4 amide bonds. The molecular formula is C17H21ClN4O3. The zero-order valence-electron chi connectivity index (χ0n) is 13.8. The molecule has 1 aromatic rings. The molecule has 3 N–H and O–H groups in total. The number of hydrogen-bond acceptors (Lipinski definition) is 4. The third kappa shape index (κ3) is 3.62. The van der Waals surface area contributed by atoms with Crippen LogP contribution in [-0.4, -0.2) is 47.9 Å². The van der Waals surface area contributed by atoms with E-state index in [4.69, 9.17) is 17.3 Å². The van der Waals surface area contributed by atoms with Crippen LogP contribution in [0.25, 0.3) is 0 Å². The fourth-order valence-electron chi connectivity index (χ4n) is 3.38. The van der Waals surface area contributed by atoms with Gasteiger partial charge in [0.1, 0.15) is 6.04 Å². The second-order valence-electron chi connectivity index (χ2n) is 6.31. The number of amides is 4. The molecule has 0 aliphatic carbocycles. The van der Waals surface area contributed by atoms with Gasteiger partial charge < -0.3 is 16.0 Å². The molecule has 2 saturated heterocycles. The molecule has 7 nitrogen and oxygen atoms in total. The number of nitrogens with two attached hydrogens (primary N) is 1. The van der Waals surface area contributed by atoms with Crippen LogP contribution in [0, 0.1) is 0 Å². The van der Waals surface area contributed by atoms with E-state index in [-0.39, 0.29) is 30.7 Å². The monoisotopic (exact) mass is 364 g/mol. The lowest BCUT2D eigenvalue weighted by Crippen LogP contribution is -2.40. The van der Waals surface area contributed by atoms with E-state index in [0.29, 0.717) is 23.8 Å². The molecule has 134 valence electrons. The Hall–Kier alpha value is -2.12. The topological polar surface area (TPSA) is 95.7 Å². The van der Waals surface area contributed by atoms with E-state index in [0.717, 1.165) is 17.7 Å². The number of rotatable bonds is 5. The van der Waals surface area contributed by atoms with Gasteiger partial charge in [-0.2, -0.15) is 0 Å². The van der Waals surface area contributed by atoms with Crippen LogP contribution in [0.15, 0.2) is 24.3 Å². The zero-order valence-corrected chi connectivity index (χ0v) is 14.5. The van der Waals surface area contributed by atoms with Crippen LogP contribution in [0.4, 0.5) is 10.5 Å². The summed E-state index contributed by atoms with van der Waals surface area (Å²) in [6.07, 6.45) is 2.37. The SMILES string of the molecule is NC[C@@H]1CCCN1C(=O)CC[C@H]1NC(=O)N(c2ccc(Cl)cc2)C1=O. The van der Waals surface area contributed by atoms with E-state index in [1.165, 1.54) is 0 Å². The Morgan fingerprint density at radius 3 is 2.68 bits per heavy atom. The molecule has 0 bridgehead atoms. The first-order valence-corrected chi connectivity index (χ1v) is 8.78. The number of benzene rings is 1. The predicted octanol–water partition coefficient (Wildman–Crippen LogP) is 1.49. The first kappa shape index (κ1) is 17.7. The van der Waals surface area contributed by atoms with Crippen molar-refractivity contribution in [3.63, 3.8) is 0 Å². The molecular weight excluding hydrogens is 344 g/mol. The van der Waals surface area contributed by atoms with Crippen LogP contribution in [-0.2, 0) is 9.59 Å². The van der Waals surface area contributed by atoms with E-state index < -0.39 is 12.1 Å². The maximum absolute atomic E-state index is 12.5. The number of anilines is 1. The third-order valence-corrected chi connectivity index (χ3v) is 4.97. The van der Waals surface area contributed by atoms with Gasteiger partial charge in [0.15, 0.2) is 0 Å². The van der Waals surface area contributed by atoms with Gasteiger partial charge in [-0.1, -0.05) is 11.6 Å². The number of nitrogens with zero attached hydrogens (tertiary/aromatic N) is 2. The molecule has 8 heteroatoms. The van der Waals surface area contributed by atoms with Crippen molar-refractivity contribution < 1.29 is 14.4 Å². The molecule has 0 unspecified atom stereocenters. The van der Waals surface area contributed by atoms with E-state index in [2.05, 4.69) is 5.32 Å². The number of imide groups is 1. The summed E-state index contributed by atoms with van der Waals surface area (Å²) in [4.78, 5) is 39.9. The summed E-state index contributed by atoms with van der Waals surface area (Å²) in [5.41, 5.74) is 6.15. The van der Waals surface area contributed by atoms with E-state index in [9.17, 15) is 14.4 Å². The molecule has 0 saturated carbocycles. The van der Waals surface area contributed by atoms with Crippen molar-refractivity contribution in [2.45, 2.75) is 37.8 Å². The molecule has 0 aromatic heterocycles. The van der Waals surface area contributed by atoms with Crippen LogP contribution < -0.4 is 16.0 Å². The number of hydrogen-bond donors (Lipinski definition) is 2. The Morgan fingerprint density at radius 2 is 2.00 bits per heavy atom. The van der Waals surface area contributed by atoms with Crippen LogP contribution in [0.2, 0.25) is 5.02 Å². The van der Waals surface area contributed by atoms with Gasteiger partial charge in [-0.25, -0.2) is 9.69 Å². The summed E-state index contributed by atoms with van der Waals surface area (Å²) in [5, 5.41) is 3.17. The normalized spacial score (nSPS) is 23.3. The number of carbonyl (C=O) groups excluding carboxylic acids is 3. The largest absolute Gasteiger partial charge is 0.338 e. The second kappa shape index (κ2) is 7.41. The summed E-state index contributed by atoms with van der Waals surface area (Å²) in [5.74, 6) is -0.364. The molecule has 0 radical (unpaired) electrons. The Morgan fingerprint density at radius 1 is 1.28 bits per heavy atom. The van der Waals surface area contributed by atoms with Gasteiger partial charge in [-0.15, -0.1) is 0 Å². The molecule has 2 aliphatic rings. The summed E-state index contributed by atoms with van der Waals surface area (Å²) < 4.78 is 0. The van der Waals surface area contributed by atoms with Crippen molar-refractivity contribution in [2.24, 2.45) is 5.73 Å². The molecule has 0 spiro atoms. The van der Waals surface area contributed by atoms with E-state index >= 15 is 0 Å². The molecule has 3 rings (SSSR count). The predicted molar refractivity (Wildman–Crippen MR) is 94.3 cm³/mol. The summed E-state index contributed by atoms with van der Waals surface area (Å²) >= 11 is 5.84. The van der Waals surface area contributed by atoms with Gasteiger partial charge in [0, 0.05) is 30.6 Å². The fraction of sp³-hybridized carbons (Fsp3) is 0.471. The molecule has 25 heavy (non-hydrogen) atoms. The van der Waals surface area contributed by atoms with Crippen molar-refractivity contribution in [3.8, 4) is 0 Å². The first-order chi connectivity index (χ1) is 12.0. The number of urea groups is 1. The van der Waals surface area contributed by atoms with Crippen LogP contribution >= 0.6 is 11.6 Å². The molecule has 2 fully saturated rings. The average molecular weight is 365 g/mol. The summed E-state index contributed by atoms with van der Waals surface area (Å²) in [6, 6.07) is 5.39. The van der Waals surface area contributed by atoms with Gasteiger partial charge in [-0.3, -0.25) is 9.59 Å². The quantitative estimate of drug-likeness (QED) is 0.774. The highest BCUT2D eigenvalue weighted by molar-refractivity contribution is 6.30. The van der Waals surface area contributed by atoms with Gasteiger partial charge in [0.2, 0.25) is 5.91 Å². The Bertz CT molecular complexity index is 679. The van der Waals surface area contributed by atoms with Crippen LogP contribution in [0.5, 0.6) is 0 Å². The molecule has 2 atom stereocenters. The highest BCUT2D eigenvalue weighted by atomic mass is 35.5. The Labute approximate surface area is 151 Å². The van der Waals surface area contributed by atoms with Crippen molar-refractivity contribution >= 4 is 35.1 Å². The minimum absolute atomic E-state index is 0.0139. The fourth-order valence-corrected chi connectivity index (χ4v) is 3.51. The van der Waals surface area contributed by atoms with Gasteiger partial charge in [0.25, 0.3) is 5.91 Å². The van der Waals surface area contributed by atoms with Crippen LogP contribution in [0.1, 0.15) is 25.7 Å². The second-order valence-corrected chi connectivity index (χ2v) is 6.75. The first-order valence-electron chi connectivity index (χ1n) is 8.41. The maximum Gasteiger partial charge on any atom is 0.329 e. The van der Waals surface area contributed by atoms with Crippen molar-refractivity contribution in [1.82, 2.24) is 10.2 Å². The van der Waals surface area contributed by atoms with Crippen molar-refractivity contribution in [2.75, 3.05) is 18.0 Å². The van der Waals surface area contributed by atoms with E-state index in [1.54, 1.807) is 29.2 Å². The standard InChI is InChI=1S/C17H21ClN4O3/c18-11-3-5-12(6-4-11)22-16(24)14(20-17(22)25)7-8-15(23)21-9-1-2-13(21)10-19/h3-6,13-14H,1-2,7-10,19H2,(H,20,25)/t13-,14+/m0/s1. The number of halogens is 1. The third-order valence-electron chi connectivity index (χ3n) is 4.72. The Kier molecular flexibility index (Phi) is 5.24. The van der Waals surface area contributed by atoms with E-state index in [1.807, 2.05) is 0 Å². The van der Waals surface area contributed by atoms with Crippen LogP contribution in [0.3, 0.4) is 0 Å². The lowest BCUT2D eigenvalue weighted by atomic mass is 10.1. The highest BCUT2D eigenvalue weighted by Crippen LogP contribution is 2.24. The zero-order chi connectivity index (χ0) is 18.0. The number of carbonyl (C=O) groups is 3. The molecule has 1 aromatic carbocycles. The maximum atomic E-state index is 12.5. The molecule has 2 aliphatic heterocycles. The van der Waals surface area contributed by atoms with Gasteiger partial charge >= 0.3 is 6.03 Å². The minimum Gasteiger partial charge on any atom is -0.338 e. The molecule has 2 heterocycles. The van der Waals surface area contributed by atoms with Gasteiger partial charge in [-0.05, 0) is 43.5 Å². The smallest absolute Gasteiger partial charge is 0.329 e. The van der Waals surface area contributed by atoms with Crippen molar-refractivity contribution in [3.05, 3.63) is 29.3 Å². The average Bonchev–Trinajstić information content (AvgIpc) is 3.18. The number of likely N-dealkylation sites (tertiary alicyclic amines) is 1. The lowest BCUT2D eigenvalue weighted by molar-refractivity contribution is -0.132. The summed E-state index contributed by atoms with van der Waals surface area (Å²) in [7, 11) is 0. The minimum atomic E-state index is -0.689. The lowest BCUT2D eigenvalue weighted by Gasteiger charge is -2.23. The van der Waals surface area contributed by atoms with Crippen molar-refractivity contribution in [1.29, 1.82) is 0 Å². The van der Waals surface area contributed by atoms with Gasteiger partial charge in [0.05, 0.1) is 5.69 Å².